The van der Waals surface area contributed by atoms with E-state index in [1.165, 1.54) is 12.8 Å². The quantitative estimate of drug-likeness (QED) is 0.857. The Morgan fingerprint density at radius 3 is 2.92 bits per heavy atom. The van der Waals surface area contributed by atoms with Crippen LogP contribution in [0.15, 0.2) is 30.5 Å². The third kappa shape index (κ3) is 3.23. The van der Waals surface area contributed by atoms with Crippen molar-refractivity contribution >= 4 is 23.0 Å². The van der Waals surface area contributed by atoms with Crippen LogP contribution in [-0.4, -0.2) is 25.7 Å². The van der Waals surface area contributed by atoms with Crippen LogP contribution >= 0.6 is 11.6 Å². The third-order valence-electron chi connectivity index (χ3n) is 4.41. The molecule has 1 saturated carbocycles. The number of benzene rings is 1. The fourth-order valence-electron chi connectivity index (χ4n) is 2.91. The average molecular weight is 355 g/mol. The van der Waals surface area contributed by atoms with Crippen LogP contribution in [0.1, 0.15) is 24.0 Å². The summed E-state index contributed by atoms with van der Waals surface area (Å²) in [5.74, 6) is 7.62. The van der Waals surface area contributed by atoms with Crippen molar-refractivity contribution in [1.82, 2.24) is 10.5 Å². The summed E-state index contributed by atoms with van der Waals surface area (Å²) in [6.45, 7) is 1.01. The molecule has 0 unspecified atom stereocenters. The fraction of sp³-hybridized carbons (Fsp3) is 0.316. The Morgan fingerprint density at radius 1 is 1.32 bits per heavy atom. The summed E-state index contributed by atoms with van der Waals surface area (Å²) in [6, 6.07) is 7.71. The average Bonchev–Trinajstić information content (AvgIpc) is 3.38. The smallest absolute Gasteiger partial charge is 0.214 e. The van der Waals surface area contributed by atoms with E-state index in [1.807, 2.05) is 24.2 Å². The summed E-state index contributed by atoms with van der Waals surface area (Å²) < 4.78 is 5.13. The molecule has 1 N–H and O–H groups in total. The molecule has 0 spiro atoms. The number of ether oxygens (including phenoxy) is 1. The second kappa shape index (κ2) is 6.47. The number of anilines is 2. The highest BCUT2D eigenvalue weighted by atomic mass is 35.5. The Bertz CT molecular complexity index is 869. The molecule has 2 aromatic rings. The van der Waals surface area contributed by atoms with Gasteiger partial charge in [0.25, 0.3) is 0 Å². The lowest BCUT2D eigenvalue weighted by molar-refractivity contribution is 0.398. The van der Waals surface area contributed by atoms with Gasteiger partial charge in [-0.25, -0.2) is 4.98 Å². The van der Waals surface area contributed by atoms with Crippen molar-refractivity contribution < 1.29 is 4.74 Å². The number of rotatable bonds is 3. The van der Waals surface area contributed by atoms with Gasteiger partial charge in [-0.15, -0.1) is 5.53 Å². The molecule has 128 valence electrons. The van der Waals surface area contributed by atoms with Gasteiger partial charge >= 0.3 is 0 Å². The van der Waals surface area contributed by atoms with E-state index in [2.05, 4.69) is 33.4 Å². The van der Waals surface area contributed by atoms with Gasteiger partial charge in [-0.2, -0.15) is 0 Å². The van der Waals surface area contributed by atoms with Gasteiger partial charge in [-0.3, -0.25) is 10.0 Å². The summed E-state index contributed by atoms with van der Waals surface area (Å²) in [6.07, 6.45) is 4.30. The maximum atomic E-state index is 6.64. The Balaban J connectivity index is 1.64. The second-order valence-electron chi connectivity index (χ2n) is 6.34. The summed E-state index contributed by atoms with van der Waals surface area (Å²) in [4.78, 5) is 4.09. The standard InChI is InChI=1S/C19H19ClN4O/c1-23-19-16(24(22-23)12-14-3-4-14)8-7-15(18(19)20)6-5-13-9-10-21-17(11-13)25-2/h7-11,14,22H,3-4,12H2,1-2H3. The van der Waals surface area contributed by atoms with E-state index in [9.17, 15) is 0 Å². The number of halogens is 1. The number of fused-ring (bicyclic) bond motifs is 1. The van der Waals surface area contributed by atoms with Crippen LogP contribution in [0, 0.1) is 17.8 Å². The minimum absolute atomic E-state index is 0.548. The van der Waals surface area contributed by atoms with Gasteiger partial charge in [0, 0.05) is 37.0 Å². The third-order valence-corrected chi connectivity index (χ3v) is 4.80. The van der Waals surface area contributed by atoms with Crippen LogP contribution in [0.2, 0.25) is 5.02 Å². The van der Waals surface area contributed by atoms with Crippen LogP contribution in [0.25, 0.3) is 0 Å². The molecule has 1 aromatic heterocycles. The van der Waals surface area contributed by atoms with Crippen LogP contribution in [0.4, 0.5) is 11.4 Å². The molecule has 0 saturated heterocycles. The fourth-order valence-corrected chi connectivity index (χ4v) is 3.24. The van der Waals surface area contributed by atoms with Crippen LogP contribution in [0.3, 0.4) is 0 Å². The van der Waals surface area contributed by atoms with Crippen molar-refractivity contribution in [2.75, 3.05) is 30.7 Å². The zero-order valence-corrected chi connectivity index (χ0v) is 15.0. The van der Waals surface area contributed by atoms with Gasteiger partial charge < -0.3 is 4.74 Å². The van der Waals surface area contributed by atoms with Crippen LogP contribution in [-0.2, 0) is 0 Å². The number of hydrogen-bond donors (Lipinski definition) is 1. The van der Waals surface area contributed by atoms with Gasteiger partial charge in [0.2, 0.25) is 5.88 Å². The maximum Gasteiger partial charge on any atom is 0.214 e. The van der Waals surface area contributed by atoms with Crippen molar-refractivity contribution in [3.8, 4) is 17.7 Å². The van der Waals surface area contributed by atoms with E-state index >= 15 is 0 Å². The Morgan fingerprint density at radius 2 is 2.16 bits per heavy atom. The van der Waals surface area contributed by atoms with Gasteiger partial charge in [0.15, 0.2) is 0 Å². The molecular formula is C19H19ClN4O. The number of nitrogens with zero attached hydrogens (tertiary/aromatic N) is 3. The van der Waals surface area contributed by atoms with E-state index < -0.39 is 0 Å². The van der Waals surface area contributed by atoms with Gasteiger partial charge in [0.05, 0.1) is 23.5 Å². The van der Waals surface area contributed by atoms with Crippen LogP contribution in [0.5, 0.6) is 5.88 Å². The first kappa shape index (κ1) is 16.1. The van der Waals surface area contributed by atoms with E-state index in [0.29, 0.717) is 10.9 Å². The van der Waals surface area contributed by atoms with Crippen molar-refractivity contribution in [1.29, 1.82) is 0 Å². The van der Waals surface area contributed by atoms with E-state index in [-0.39, 0.29) is 0 Å². The van der Waals surface area contributed by atoms with E-state index in [4.69, 9.17) is 16.3 Å². The molecule has 2 heterocycles. The zero-order valence-electron chi connectivity index (χ0n) is 14.2. The summed E-state index contributed by atoms with van der Waals surface area (Å²) in [7, 11) is 3.57. The summed E-state index contributed by atoms with van der Waals surface area (Å²) in [5.41, 5.74) is 7.08. The summed E-state index contributed by atoms with van der Waals surface area (Å²) in [5, 5.41) is 4.80. The lowest BCUT2D eigenvalue weighted by Crippen LogP contribution is -2.43. The number of aromatic nitrogens is 1. The molecule has 1 aliphatic heterocycles. The lowest BCUT2D eigenvalue weighted by atomic mass is 10.1. The zero-order chi connectivity index (χ0) is 17.4. The number of hydrogen-bond acceptors (Lipinski definition) is 5. The topological polar surface area (TPSA) is 40.6 Å². The molecule has 25 heavy (non-hydrogen) atoms. The molecule has 4 rings (SSSR count). The minimum atomic E-state index is 0.548. The Hall–Kier alpha value is -2.42. The number of hydrazine groups is 2. The second-order valence-corrected chi connectivity index (χ2v) is 6.72. The van der Waals surface area contributed by atoms with E-state index in [1.54, 1.807) is 19.4 Å². The molecule has 0 amide bonds. The number of methoxy groups -OCH3 is 1. The molecule has 0 atom stereocenters. The Labute approximate surface area is 152 Å². The molecule has 5 nitrogen and oxygen atoms in total. The molecular weight excluding hydrogens is 336 g/mol. The first-order chi connectivity index (χ1) is 12.2. The molecule has 1 aliphatic carbocycles. The van der Waals surface area contributed by atoms with Gasteiger partial charge in [-0.1, -0.05) is 23.4 Å². The van der Waals surface area contributed by atoms with Crippen LogP contribution < -0.4 is 20.3 Å². The van der Waals surface area contributed by atoms with Crippen molar-refractivity contribution in [2.45, 2.75) is 12.8 Å². The highest BCUT2D eigenvalue weighted by Crippen LogP contribution is 2.42. The van der Waals surface area contributed by atoms with Gasteiger partial charge in [-0.05, 0) is 37.0 Å². The first-order valence-electron chi connectivity index (χ1n) is 8.28. The first-order valence-corrected chi connectivity index (χ1v) is 8.65. The highest BCUT2D eigenvalue weighted by molar-refractivity contribution is 6.35. The maximum absolute atomic E-state index is 6.64. The molecule has 0 bridgehead atoms. The lowest BCUT2D eigenvalue weighted by Gasteiger charge is -2.19. The molecule has 1 aromatic carbocycles. The molecule has 1 fully saturated rings. The molecule has 0 radical (unpaired) electrons. The normalized spacial score (nSPS) is 15.6. The largest absolute Gasteiger partial charge is 0.481 e. The summed E-state index contributed by atoms with van der Waals surface area (Å²) >= 11 is 6.64. The highest BCUT2D eigenvalue weighted by Gasteiger charge is 2.31. The minimum Gasteiger partial charge on any atom is -0.481 e. The Kier molecular flexibility index (Phi) is 4.16. The SMILES string of the molecule is COc1cc(C#Cc2ccc3c(c2Cl)N(C)NN3CC2CC2)ccn1. The predicted octanol–water partition coefficient (Wildman–Crippen LogP) is 3.23. The van der Waals surface area contributed by atoms with E-state index in [0.717, 1.165) is 35.0 Å². The monoisotopic (exact) mass is 354 g/mol. The molecule has 6 heteroatoms. The number of pyridine rings is 1. The van der Waals surface area contributed by atoms with Crippen molar-refractivity contribution in [3.05, 3.63) is 46.6 Å². The number of nitrogens with one attached hydrogen (secondary N) is 1. The van der Waals surface area contributed by atoms with Crippen molar-refractivity contribution in [3.63, 3.8) is 0 Å². The molecule has 2 aliphatic rings. The van der Waals surface area contributed by atoms with Gasteiger partial charge in [0.1, 0.15) is 0 Å². The van der Waals surface area contributed by atoms with Crippen molar-refractivity contribution in [2.24, 2.45) is 5.92 Å². The predicted molar refractivity (Wildman–Crippen MR) is 99.8 cm³/mol.